The predicted octanol–water partition coefficient (Wildman–Crippen LogP) is 5.41. The normalized spacial score (nSPS) is 14.5. The summed E-state index contributed by atoms with van der Waals surface area (Å²) in [7, 11) is 0. The number of carbonyl (C=O) groups excluding carboxylic acids is 1. The molecule has 1 amide bonds. The van der Waals surface area contributed by atoms with Crippen molar-refractivity contribution in [1.29, 1.82) is 0 Å². The lowest BCUT2D eigenvalue weighted by Gasteiger charge is -2.35. The van der Waals surface area contributed by atoms with Crippen LogP contribution in [0.4, 0.5) is 0 Å². The second-order valence-electron chi connectivity index (χ2n) is 9.00. The van der Waals surface area contributed by atoms with Crippen LogP contribution < -0.4 is 0 Å². The molecule has 0 bridgehead atoms. The van der Waals surface area contributed by atoms with Crippen LogP contribution in [0.3, 0.4) is 0 Å². The van der Waals surface area contributed by atoms with Crippen molar-refractivity contribution in [2.45, 2.75) is 6.54 Å². The minimum Gasteiger partial charge on any atom is -0.336 e. The van der Waals surface area contributed by atoms with Gasteiger partial charge >= 0.3 is 0 Å². The molecule has 0 unspecified atom stereocenters. The molecule has 0 saturated carbocycles. The summed E-state index contributed by atoms with van der Waals surface area (Å²) >= 11 is 0. The average molecular weight is 459 g/mol. The third-order valence-electron chi connectivity index (χ3n) is 6.79. The lowest BCUT2D eigenvalue weighted by atomic mass is 10.0. The molecule has 1 fully saturated rings. The van der Waals surface area contributed by atoms with Gasteiger partial charge in [-0.1, -0.05) is 72.8 Å². The van der Waals surface area contributed by atoms with Crippen LogP contribution in [-0.2, 0) is 6.54 Å². The van der Waals surface area contributed by atoms with Crippen LogP contribution in [0.15, 0.2) is 97.2 Å². The predicted molar refractivity (Wildman–Crippen MR) is 140 cm³/mol. The van der Waals surface area contributed by atoms with Gasteiger partial charge in [-0.2, -0.15) is 0 Å². The third kappa shape index (κ3) is 4.27. The Morgan fingerprint density at radius 1 is 0.800 bits per heavy atom. The van der Waals surface area contributed by atoms with Gasteiger partial charge in [0.1, 0.15) is 0 Å². The van der Waals surface area contributed by atoms with Crippen molar-refractivity contribution in [3.8, 4) is 11.3 Å². The minimum absolute atomic E-state index is 0.0762. The van der Waals surface area contributed by atoms with E-state index in [2.05, 4.69) is 34.1 Å². The maximum atomic E-state index is 13.7. The van der Waals surface area contributed by atoms with Crippen LogP contribution in [0.25, 0.3) is 33.1 Å². The minimum atomic E-state index is 0.0762. The van der Waals surface area contributed by atoms with Crippen LogP contribution in [0.5, 0.6) is 0 Å². The van der Waals surface area contributed by atoms with Gasteiger partial charge in [0.2, 0.25) is 0 Å². The molecule has 1 aliphatic heterocycles. The molecule has 0 N–H and O–H groups in total. The Hall–Kier alpha value is -4.09. The van der Waals surface area contributed by atoms with Gasteiger partial charge < -0.3 is 4.90 Å². The lowest BCUT2D eigenvalue weighted by Crippen LogP contribution is -2.48. The second-order valence-corrected chi connectivity index (χ2v) is 9.00. The zero-order chi connectivity index (χ0) is 23.6. The molecule has 2 aromatic heterocycles. The van der Waals surface area contributed by atoms with Gasteiger partial charge in [-0.25, -0.2) is 4.98 Å². The van der Waals surface area contributed by atoms with E-state index in [1.807, 2.05) is 77.8 Å². The molecule has 6 rings (SSSR count). The number of carbonyl (C=O) groups is 1. The van der Waals surface area contributed by atoms with Crippen molar-refractivity contribution in [3.05, 3.63) is 108 Å². The lowest BCUT2D eigenvalue weighted by molar-refractivity contribution is 0.0631. The van der Waals surface area contributed by atoms with E-state index in [9.17, 15) is 4.79 Å². The second kappa shape index (κ2) is 9.28. The van der Waals surface area contributed by atoms with Gasteiger partial charge in [0.15, 0.2) is 0 Å². The molecule has 35 heavy (non-hydrogen) atoms. The Labute approximate surface area is 204 Å². The molecule has 3 aromatic carbocycles. The maximum Gasteiger partial charge on any atom is 0.254 e. The first-order chi connectivity index (χ1) is 17.3. The summed E-state index contributed by atoms with van der Waals surface area (Å²) in [5.41, 5.74) is 5.71. The van der Waals surface area contributed by atoms with E-state index < -0.39 is 0 Å². The number of benzene rings is 3. The highest BCUT2D eigenvalue weighted by atomic mass is 16.2. The number of para-hydroxylation sites is 2. The van der Waals surface area contributed by atoms with Crippen LogP contribution in [0.2, 0.25) is 0 Å². The summed E-state index contributed by atoms with van der Waals surface area (Å²) in [5, 5.41) is 2.07. The molecule has 0 atom stereocenters. The first-order valence-electron chi connectivity index (χ1n) is 12.1. The Kier molecular flexibility index (Phi) is 5.68. The number of fused-ring (bicyclic) bond motifs is 2. The zero-order valence-electron chi connectivity index (χ0n) is 19.5. The molecule has 1 aliphatic rings. The fourth-order valence-electron chi connectivity index (χ4n) is 4.92. The smallest absolute Gasteiger partial charge is 0.254 e. The van der Waals surface area contributed by atoms with Crippen molar-refractivity contribution in [3.63, 3.8) is 0 Å². The standard InChI is InChI=1S/C30H26N4O/c35-30(26-20-28(22-8-2-1-3-9-22)32-27-14-5-4-13-25(26)27)34-18-16-33(17-19-34)21-24-11-6-10-23-12-7-15-31-29(23)24/h1-15,20H,16-19,21H2. The summed E-state index contributed by atoms with van der Waals surface area (Å²) in [6.07, 6.45) is 1.85. The zero-order valence-corrected chi connectivity index (χ0v) is 19.5. The summed E-state index contributed by atoms with van der Waals surface area (Å²) in [6.45, 7) is 3.92. The molecule has 3 heterocycles. The third-order valence-corrected chi connectivity index (χ3v) is 6.79. The first-order valence-corrected chi connectivity index (χ1v) is 12.1. The molecular weight excluding hydrogens is 432 g/mol. The Morgan fingerprint density at radius 2 is 1.57 bits per heavy atom. The molecule has 5 heteroatoms. The molecule has 0 spiro atoms. The molecule has 1 saturated heterocycles. The van der Waals surface area contributed by atoms with Crippen molar-refractivity contribution >= 4 is 27.7 Å². The quantitative estimate of drug-likeness (QED) is 0.361. The Morgan fingerprint density at radius 3 is 2.43 bits per heavy atom. The van der Waals surface area contributed by atoms with Gasteiger partial charge in [0.25, 0.3) is 5.91 Å². The largest absolute Gasteiger partial charge is 0.336 e. The van der Waals surface area contributed by atoms with Crippen molar-refractivity contribution in [1.82, 2.24) is 19.8 Å². The van der Waals surface area contributed by atoms with Crippen LogP contribution in [0, 0.1) is 0 Å². The van der Waals surface area contributed by atoms with E-state index in [1.54, 1.807) is 0 Å². The number of pyridine rings is 2. The van der Waals surface area contributed by atoms with E-state index in [-0.39, 0.29) is 5.91 Å². The SMILES string of the molecule is O=C(c1cc(-c2ccccc2)nc2ccccc12)N1CCN(Cc2cccc3cccnc23)CC1. The molecule has 0 radical (unpaired) electrons. The van der Waals surface area contributed by atoms with E-state index in [4.69, 9.17) is 4.98 Å². The van der Waals surface area contributed by atoms with Crippen LogP contribution in [-0.4, -0.2) is 51.9 Å². The van der Waals surface area contributed by atoms with Gasteiger partial charge in [0, 0.05) is 55.3 Å². The molecule has 0 aliphatic carbocycles. The van der Waals surface area contributed by atoms with E-state index in [0.29, 0.717) is 13.1 Å². The number of hydrogen-bond donors (Lipinski definition) is 0. The number of piperazine rings is 1. The number of rotatable bonds is 4. The number of nitrogens with zero attached hydrogens (tertiary/aromatic N) is 4. The average Bonchev–Trinajstić information content (AvgIpc) is 2.93. The number of hydrogen-bond acceptors (Lipinski definition) is 4. The van der Waals surface area contributed by atoms with Crippen molar-refractivity contribution < 1.29 is 4.79 Å². The number of amides is 1. The van der Waals surface area contributed by atoms with Crippen molar-refractivity contribution in [2.24, 2.45) is 0 Å². The van der Waals surface area contributed by atoms with Gasteiger partial charge in [-0.15, -0.1) is 0 Å². The Bertz CT molecular complexity index is 1500. The highest BCUT2D eigenvalue weighted by molar-refractivity contribution is 6.07. The summed E-state index contributed by atoms with van der Waals surface area (Å²) in [5.74, 6) is 0.0762. The Balaban J connectivity index is 1.23. The van der Waals surface area contributed by atoms with E-state index in [0.717, 1.165) is 58.3 Å². The summed E-state index contributed by atoms with van der Waals surface area (Å²) in [4.78, 5) is 27.5. The highest BCUT2D eigenvalue weighted by Crippen LogP contribution is 2.26. The van der Waals surface area contributed by atoms with E-state index in [1.165, 1.54) is 5.56 Å². The molecule has 172 valence electrons. The fraction of sp³-hybridized carbons (Fsp3) is 0.167. The van der Waals surface area contributed by atoms with Gasteiger partial charge in [-0.3, -0.25) is 14.7 Å². The van der Waals surface area contributed by atoms with Crippen LogP contribution in [0.1, 0.15) is 15.9 Å². The first kappa shape index (κ1) is 21.4. The maximum absolute atomic E-state index is 13.7. The molecule has 5 aromatic rings. The van der Waals surface area contributed by atoms with Crippen LogP contribution >= 0.6 is 0 Å². The number of aromatic nitrogens is 2. The van der Waals surface area contributed by atoms with Crippen molar-refractivity contribution in [2.75, 3.05) is 26.2 Å². The molecular formula is C30H26N4O. The highest BCUT2D eigenvalue weighted by Gasteiger charge is 2.24. The summed E-state index contributed by atoms with van der Waals surface area (Å²) in [6, 6.07) is 30.4. The van der Waals surface area contributed by atoms with E-state index >= 15 is 0 Å². The topological polar surface area (TPSA) is 49.3 Å². The summed E-state index contributed by atoms with van der Waals surface area (Å²) < 4.78 is 0. The van der Waals surface area contributed by atoms with Gasteiger partial charge in [0.05, 0.1) is 22.3 Å². The van der Waals surface area contributed by atoms with Gasteiger partial charge in [-0.05, 0) is 23.8 Å². The molecule has 5 nitrogen and oxygen atoms in total. The fourth-order valence-corrected chi connectivity index (χ4v) is 4.92. The monoisotopic (exact) mass is 458 g/mol.